The number of pyridine rings is 1. The van der Waals surface area contributed by atoms with Crippen LogP contribution in [0, 0.1) is 0 Å². The molecule has 170 valence electrons. The molecule has 0 bridgehead atoms. The minimum Gasteiger partial charge on any atom is -0.398 e. The lowest BCUT2D eigenvalue weighted by Gasteiger charge is -2.18. The molecule has 3 rings (SSSR count). The summed E-state index contributed by atoms with van der Waals surface area (Å²) in [6, 6.07) is 13.0. The number of nitrogen functional groups attached to an aromatic ring is 1. The largest absolute Gasteiger partial charge is 0.398 e. The second-order valence-electron chi connectivity index (χ2n) is 7.14. The van der Waals surface area contributed by atoms with Gasteiger partial charge in [-0.2, -0.15) is 4.99 Å². The Balaban J connectivity index is 1.84. The van der Waals surface area contributed by atoms with Gasteiger partial charge in [0.25, 0.3) is 5.91 Å². The number of carbonyl (C=O) groups is 2. The van der Waals surface area contributed by atoms with Crippen LogP contribution in [0.5, 0.6) is 0 Å². The van der Waals surface area contributed by atoms with Crippen molar-refractivity contribution in [2.45, 2.75) is 12.3 Å². The smallest absolute Gasteiger partial charge is 0.280 e. The fraction of sp³-hybridized carbons (Fsp3) is 0.130. The van der Waals surface area contributed by atoms with Crippen LogP contribution in [0.25, 0.3) is 0 Å². The molecule has 2 aromatic carbocycles. The molecule has 0 aliphatic heterocycles. The summed E-state index contributed by atoms with van der Waals surface area (Å²) in [6.07, 6.45) is 3.33. The number of amides is 2. The predicted molar refractivity (Wildman–Crippen MR) is 132 cm³/mol. The van der Waals surface area contributed by atoms with Crippen molar-refractivity contribution in [3.05, 3.63) is 87.7 Å². The number of nitrogens with two attached hydrogens (primary N) is 3. The third-order valence-electron chi connectivity index (χ3n) is 4.85. The summed E-state index contributed by atoms with van der Waals surface area (Å²) >= 11 is 12.1. The number of hydrogen-bond acceptors (Lipinski definition) is 5. The van der Waals surface area contributed by atoms with E-state index in [1.807, 2.05) is 0 Å². The Morgan fingerprint density at radius 1 is 1.09 bits per heavy atom. The van der Waals surface area contributed by atoms with Gasteiger partial charge in [0.1, 0.15) is 5.84 Å². The average Bonchev–Trinajstić information content (AvgIpc) is 2.81. The normalized spacial score (nSPS) is 12.3. The van der Waals surface area contributed by atoms with Crippen LogP contribution in [0.15, 0.2) is 65.9 Å². The van der Waals surface area contributed by atoms with E-state index in [4.69, 9.17) is 40.4 Å². The molecule has 33 heavy (non-hydrogen) atoms. The van der Waals surface area contributed by atoms with Gasteiger partial charge in [0.05, 0.1) is 21.5 Å². The van der Waals surface area contributed by atoms with Crippen molar-refractivity contribution >= 4 is 52.2 Å². The number of benzene rings is 2. The monoisotopic (exact) mass is 484 g/mol. The maximum atomic E-state index is 13.0. The molecule has 1 atom stereocenters. The van der Waals surface area contributed by atoms with E-state index in [9.17, 15) is 9.59 Å². The van der Waals surface area contributed by atoms with Gasteiger partial charge in [-0.15, -0.1) is 0 Å². The van der Waals surface area contributed by atoms with E-state index in [0.29, 0.717) is 45.5 Å². The Morgan fingerprint density at radius 3 is 2.55 bits per heavy atom. The molecule has 1 aromatic heterocycles. The van der Waals surface area contributed by atoms with Crippen molar-refractivity contribution in [1.82, 2.24) is 4.98 Å². The fourth-order valence-electron chi connectivity index (χ4n) is 3.15. The Labute approximate surface area is 200 Å². The van der Waals surface area contributed by atoms with Gasteiger partial charge >= 0.3 is 0 Å². The lowest BCUT2D eigenvalue weighted by molar-refractivity contribution is -0.117. The highest BCUT2D eigenvalue weighted by Crippen LogP contribution is 2.29. The second kappa shape index (κ2) is 10.9. The van der Waals surface area contributed by atoms with Gasteiger partial charge in [0.2, 0.25) is 5.91 Å². The number of aliphatic imine (C=N–C) groups is 1. The van der Waals surface area contributed by atoms with Crippen LogP contribution in [0.3, 0.4) is 0 Å². The number of anilines is 2. The zero-order valence-electron chi connectivity index (χ0n) is 17.5. The highest BCUT2D eigenvalue weighted by Gasteiger charge is 2.21. The van der Waals surface area contributed by atoms with Crippen molar-refractivity contribution < 1.29 is 9.59 Å². The average molecular weight is 485 g/mol. The second-order valence-corrected chi connectivity index (χ2v) is 7.95. The van der Waals surface area contributed by atoms with E-state index in [0.717, 1.165) is 0 Å². The third-order valence-corrected chi connectivity index (χ3v) is 5.58. The van der Waals surface area contributed by atoms with Crippen molar-refractivity contribution in [2.24, 2.45) is 16.5 Å². The molecule has 7 N–H and O–H groups in total. The molecule has 0 fully saturated rings. The molecule has 0 saturated carbocycles. The van der Waals surface area contributed by atoms with E-state index in [1.165, 1.54) is 6.20 Å². The van der Waals surface area contributed by atoms with Crippen molar-refractivity contribution in [3.63, 3.8) is 0 Å². The zero-order valence-corrected chi connectivity index (χ0v) is 19.0. The maximum Gasteiger partial charge on any atom is 0.280 e. The number of aromatic nitrogens is 1. The first kappa shape index (κ1) is 24.2. The number of rotatable bonds is 7. The van der Waals surface area contributed by atoms with E-state index in [-0.39, 0.29) is 17.3 Å². The standard InChI is InChI=1S/C23H22Cl2N6O2/c24-18-5-3-13(10-19(18)25)16(7-8-26)23(33)30-15-4-6-20(27)17(11-15)21(28)31-22(32)14-2-1-9-29-12-14/h1-6,9-12,16H,7-8,26-27H2,(H,30,33)(H2,28,31,32). The number of halogens is 2. The van der Waals surface area contributed by atoms with E-state index in [2.05, 4.69) is 15.3 Å². The Hall–Kier alpha value is -3.46. The quantitative estimate of drug-likeness (QED) is 0.228. The fourth-order valence-corrected chi connectivity index (χ4v) is 3.46. The summed E-state index contributed by atoms with van der Waals surface area (Å²) in [5.41, 5.74) is 19.8. The molecular weight excluding hydrogens is 463 g/mol. The zero-order chi connectivity index (χ0) is 24.0. The molecule has 0 spiro atoms. The Bertz CT molecular complexity index is 1200. The summed E-state index contributed by atoms with van der Waals surface area (Å²) in [5.74, 6) is -1.49. The van der Waals surface area contributed by atoms with Crippen LogP contribution in [0.2, 0.25) is 10.0 Å². The van der Waals surface area contributed by atoms with Crippen LogP contribution in [-0.4, -0.2) is 29.2 Å². The number of nitrogens with zero attached hydrogens (tertiary/aromatic N) is 2. The molecule has 10 heteroatoms. The van der Waals surface area contributed by atoms with Gasteiger partial charge in [-0.1, -0.05) is 29.3 Å². The summed E-state index contributed by atoms with van der Waals surface area (Å²) in [7, 11) is 0. The predicted octanol–water partition coefficient (Wildman–Crippen LogP) is 3.59. The van der Waals surface area contributed by atoms with Gasteiger partial charge in [-0.3, -0.25) is 14.6 Å². The highest BCUT2D eigenvalue weighted by atomic mass is 35.5. The molecular formula is C23H22Cl2N6O2. The van der Waals surface area contributed by atoms with Crippen LogP contribution in [0.1, 0.15) is 33.8 Å². The number of amidine groups is 1. The third kappa shape index (κ3) is 6.07. The number of nitrogens with one attached hydrogen (secondary N) is 1. The summed E-state index contributed by atoms with van der Waals surface area (Å²) in [5, 5.41) is 3.58. The summed E-state index contributed by atoms with van der Waals surface area (Å²) < 4.78 is 0. The van der Waals surface area contributed by atoms with Crippen molar-refractivity contribution in [3.8, 4) is 0 Å². The van der Waals surface area contributed by atoms with E-state index >= 15 is 0 Å². The van der Waals surface area contributed by atoms with Crippen LogP contribution in [0.4, 0.5) is 11.4 Å². The first-order chi connectivity index (χ1) is 15.8. The SMILES string of the molecule is NCCC(C(=O)Nc1ccc(N)c(C(N)=NC(=O)c2cccnc2)c1)c1ccc(Cl)c(Cl)c1. The first-order valence-corrected chi connectivity index (χ1v) is 10.7. The minimum atomic E-state index is -0.558. The molecule has 2 amide bonds. The Kier molecular flexibility index (Phi) is 8.00. The van der Waals surface area contributed by atoms with Gasteiger partial charge < -0.3 is 22.5 Å². The van der Waals surface area contributed by atoms with Gasteiger partial charge in [0, 0.05) is 29.3 Å². The minimum absolute atomic E-state index is 0.0829. The Morgan fingerprint density at radius 2 is 1.88 bits per heavy atom. The van der Waals surface area contributed by atoms with E-state index < -0.39 is 11.8 Å². The molecule has 3 aromatic rings. The molecule has 1 heterocycles. The van der Waals surface area contributed by atoms with Gasteiger partial charge in [-0.05, 0) is 61.0 Å². The molecule has 0 aliphatic carbocycles. The van der Waals surface area contributed by atoms with E-state index in [1.54, 1.807) is 54.7 Å². The highest BCUT2D eigenvalue weighted by molar-refractivity contribution is 6.42. The van der Waals surface area contributed by atoms with Crippen molar-refractivity contribution in [1.29, 1.82) is 0 Å². The summed E-state index contributed by atoms with van der Waals surface area (Å²) in [4.78, 5) is 33.2. The molecule has 8 nitrogen and oxygen atoms in total. The maximum absolute atomic E-state index is 13.0. The molecule has 0 radical (unpaired) electrons. The van der Waals surface area contributed by atoms with Crippen LogP contribution < -0.4 is 22.5 Å². The number of hydrogen-bond donors (Lipinski definition) is 4. The molecule has 1 unspecified atom stereocenters. The van der Waals surface area contributed by atoms with Gasteiger partial charge in [0.15, 0.2) is 0 Å². The van der Waals surface area contributed by atoms with Crippen LogP contribution >= 0.6 is 23.2 Å². The lowest BCUT2D eigenvalue weighted by Crippen LogP contribution is -2.24. The molecule has 0 aliphatic rings. The number of carbonyl (C=O) groups excluding carboxylic acids is 2. The topological polar surface area (TPSA) is 149 Å². The van der Waals surface area contributed by atoms with Gasteiger partial charge in [-0.25, -0.2) is 0 Å². The van der Waals surface area contributed by atoms with Crippen LogP contribution in [-0.2, 0) is 4.79 Å². The van der Waals surface area contributed by atoms with Crippen molar-refractivity contribution in [2.75, 3.05) is 17.6 Å². The first-order valence-electron chi connectivity index (χ1n) is 9.94. The summed E-state index contributed by atoms with van der Waals surface area (Å²) in [6.45, 7) is 0.293. The lowest BCUT2D eigenvalue weighted by atomic mass is 9.94. The molecule has 0 saturated heterocycles.